The minimum atomic E-state index is -3.73. The molecule has 0 atom stereocenters. The van der Waals surface area contributed by atoms with Crippen molar-refractivity contribution < 1.29 is 12.8 Å². The third-order valence-corrected chi connectivity index (χ3v) is 4.36. The first-order valence-electron chi connectivity index (χ1n) is 6.19. The van der Waals surface area contributed by atoms with Gasteiger partial charge in [-0.3, -0.25) is 4.72 Å². The molecule has 0 aliphatic carbocycles. The minimum absolute atomic E-state index is 0.114. The largest absolute Gasteiger partial charge is 0.342 e. The van der Waals surface area contributed by atoms with E-state index in [0.29, 0.717) is 22.5 Å². The Morgan fingerprint density at radius 3 is 2.57 bits per heavy atom. The van der Waals surface area contributed by atoms with Crippen LogP contribution in [-0.2, 0) is 10.0 Å². The van der Waals surface area contributed by atoms with Gasteiger partial charge < -0.3 is 4.98 Å². The molecule has 0 bridgehead atoms. The summed E-state index contributed by atoms with van der Waals surface area (Å²) in [5, 5.41) is 0. The number of halogens is 1. The topological polar surface area (TPSA) is 74.8 Å². The first-order valence-corrected chi connectivity index (χ1v) is 7.67. The molecule has 108 valence electrons. The normalized spacial score (nSPS) is 11.7. The van der Waals surface area contributed by atoms with E-state index < -0.39 is 15.8 Å². The van der Waals surface area contributed by atoms with Gasteiger partial charge >= 0.3 is 0 Å². The summed E-state index contributed by atoms with van der Waals surface area (Å²) < 4.78 is 39.8. The van der Waals surface area contributed by atoms with Crippen LogP contribution in [0.15, 0.2) is 47.4 Å². The highest BCUT2D eigenvalue weighted by molar-refractivity contribution is 7.92. The third kappa shape index (κ3) is 2.73. The van der Waals surface area contributed by atoms with Crippen LogP contribution in [-0.4, -0.2) is 18.4 Å². The monoisotopic (exact) mass is 305 g/mol. The smallest absolute Gasteiger partial charge is 0.261 e. The predicted octanol–water partition coefficient (Wildman–Crippen LogP) is 2.81. The van der Waals surface area contributed by atoms with Crippen molar-refractivity contribution in [2.75, 3.05) is 4.72 Å². The maximum absolute atomic E-state index is 12.8. The van der Waals surface area contributed by atoms with Crippen molar-refractivity contribution in [2.45, 2.75) is 11.8 Å². The molecule has 0 unspecified atom stereocenters. The van der Waals surface area contributed by atoms with Crippen molar-refractivity contribution >= 4 is 26.7 Å². The molecule has 5 nitrogen and oxygen atoms in total. The lowest BCUT2D eigenvalue weighted by molar-refractivity contribution is 0.601. The maximum Gasteiger partial charge on any atom is 0.261 e. The van der Waals surface area contributed by atoms with E-state index in [0.717, 1.165) is 0 Å². The highest BCUT2D eigenvalue weighted by Crippen LogP contribution is 2.20. The van der Waals surface area contributed by atoms with Crippen LogP contribution in [0.5, 0.6) is 0 Å². The molecule has 3 aromatic rings. The Morgan fingerprint density at radius 2 is 1.86 bits per heavy atom. The Hall–Kier alpha value is -2.41. The number of hydrogen-bond donors (Lipinski definition) is 2. The van der Waals surface area contributed by atoms with Gasteiger partial charge in [-0.1, -0.05) is 0 Å². The van der Waals surface area contributed by atoms with E-state index in [1.807, 2.05) is 0 Å². The minimum Gasteiger partial charge on any atom is -0.342 e. The number of H-pyrrole nitrogens is 1. The second-order valence-corrected chi connectivity index (χ2v) is 6.30. The fourth-order valence-corrected chi connectivity index (χ4v) is 3.10. The van der Waals surface area contributed by atoms with E-state index in [4.69, 9.17) is 0 Å². The number of fused-ring (bicyclic) bond motifs is 1. The van der Waals surface area contributed by atoms with Crippen molar-refractivity contribution in [3.05, 3.63) is 54.1 Å². The van der Waals surface area contributed by atoms with Crippen molar-refractivity contribution in [1.29, 1.82) is 0 Å². The molecule has 3 rings (SSSR count). The summed E-state index contributed by atoms with van der Waals surface area (Å²) in [6.45, 7) is 1.80. The number of nitrogens with zero attached hydrogens (tertiary/aromatic N) is 1. The molecule has 0 saturated carbocycles. The molecule has 1 aromatic heterocycles. The highest BCUT2D eigenvalue weighted by atomic mass is 32.2. The molecule has 0 aliphatic heterocycles. The van der Waals surface area contributed by atoms with Gasteiger partial charge in [0.05, 0.1) is 15.9 Å². The highest BCUT2D eigenvalue weighted by Gasteiger charge is 2.15. The van der Waals surface area contributed by atoms with E-state index >= 15 is 0 Å². The fraction of sp³-hybridized carbons (Fsp3) is 0.0714. The average Bonchev–Trinajstić information content (AvgIpc) is 2.80. The number of sulfonamides is 1. The van der Waals surface area contributed by atoms with Gasteiger partial charge in [-0.15, -0.1) is 0 Å². The first-order chi connectivity index (χ1) is 9.94. The lowest BCUT2D eigenvalue weighted by Gasteiger charge is -2.07. The van der Waals surface area contributed by atoms with Crippen LogP contribution >= 0.6 is 0 Å². The van der Waals surface area contributed by atoms with Gasteiger partial charge in [-0.05, 0) is 49.4 Å². The van der Waals surface area contributed by atoms with E-state index in [1.165, 1.54) is 36.4 Å². The van der Waals surface area contributed by atoms with Gasteiger partial charge in [0.25, 0.3) is 10.0 Å². The van der Waals surface area contributed by atoms with Crippen molar-refractivity contribution in [3.63, 3.8) is 0 Å². The maximum atomic E-state index is 12.8. The zero-order valence-electron chi connectivity index (χ0n) is 11.1. The lowest BCUT2D eigenvalue weighted by Crippen LogP contribution is -2.12. The Bertz CT molecular complexity index is 902. The van der Waals surface area contributed by atoms with Gasteiger partial charge in [-0.2, -0.15) is 0 Å². The van der Waals surface area contributed by atoms with Crippen molar-refractivity contribution in [2.24, 2.45) is 0 Å². The summed E-state index contributed by atoms with van der Waals surface area (Å²) in [6.07, 6.45) is 0. The van der Waals surface area contributed by atoms with Crippen molar-refractivity contribution in [3.8, 4) is 0 Å². The molecular weight excluding hydrogens is 293 g/mol. The molecule has 21 heavy (non-hydrogen) atoms. The van der Waals surface area contributed by atoms with Crippen LogP contribution in [0.1, 0.15) is 5.82 Å². The number of aromatic nitrogens is 2. The van der Waals surface area contributed by atoms with Crippen LogP contribution in [0.2, 0.25) is 0 Å². The number of benzene rings is 2. The molecule has 2 N–H and O–H groups in total. The number of imidazole rings is 1. The molecular formula is C14H12FN3O2S. The number of nitrogens with one attached hydrogen (secondary N) is 2. The first kappa shape index (κ1) is 13.6. The van der Waals surface area contributed by atoms with Crippen LogP contribution in [0.25, 0.3) is 11.0 Å². The Morgan fingerprint density at radius 1 is 1.14 bits per heavy atom. The number of aromatic amines is 1. The number of aryl methyl sites for hydroxylation is 1. The standard InChI is InChI=1S/C14H12FN3O2S/c1-9-16-13-7-6-12(8-14(13)17-9)21(19,20)18-11-4-2-10(15)3-5-11/h2-8,18H,1H3,(H,16,17). The molecule has 0 aliphatic rings. The summed E-state index contributed by atoms with van der Waals surface area (Å²) in [4.78, 5) is 7.32. The summed E-state index contributed by atoms with van der Waals surface area (Å²) in [7, 11) is -3.73. The van der Waals surface area contributed by atoms with E-state index in [9.17, 15) is 12.8 Å². The third-order valence-electron chi connectivity index (χ3n) is 2.98. The molecule has 1 heterocycles. The molecule has 0 radical (unpaired) electrons. The SMILES string of the molecule is Cc1nc2ccc(S(=O)(=O)Nc3ccc(F)cc3)cc2[nH]1. The predicted molar refractivity (Wildman–Crippen MR) is 78.0 cm³/mol. The fourth-order valence-electron chi connectivity index (χ4n) is 2.02. The van der Waals surface area contributed by atoms with Crippen LogP contribution < -0.4 is 4.72 Å². The van der Waals surface area contributed by atoms with E-state index in [-0.39, 0.29) is 4.90 Å². The van der Waals surface area contributed by atoms with Gasteiger partial charge in [0, 0.05) is 5.69 Å². The molecule has 2 aromatic carbocycles. The summed E-state index contributed by atoms with van der Waals surface area (Å²) >= 11 is 0. The second kappa shape index (κ2) is 4.85. The summed E-state index contributed by atoms with van der Waals surface area (Å²) in [6, 6.07) is 9.75. The van der Waals surface area contributed by atoms with E-state index in [1.54, 1.807) is 13.0 Å². The Balaban J connectivity index is 1.97. The number of rotatable bonds is 3. The van der Waals surface area contributed by atoms with Gasteiger partial charge in [0.1, 0.15) is 11.6 Å². The molecule has 0 fully saturated rings. The van der Waals surface area contributed by atoms with Crippen LogP contribution in [0.4, 0.5) is 10.1 Å². The Labute approximate surface area is 120 Å². The zero-order chi connectivity index (χ0) is 15.0. The second-order valence-electron chi connectivity index (χ2n) is 4.61. The van der Waals surface area contributed by atoms with Crippen LogP contribution in [0.3, 0.4) is 0 Å². The lowest BCUT2D eigenvalue weighted by atomic mass is 10.3. The van der Waals surface area contributed by atoms with Gasteiger partial charge in [0.2, 0.25) is 0 Å². The number of hydrogen-bond acceptors (Lipinski definition) is 3. The Kier molecular flexibility index (Phi) is 3.13. The summed E-state index contributed by atoms with van der Waals surface area (Å²) in [5.74, 6) is 0.290. The van der Waals surface area contributed by atoms with Gasteiger partial charge in [0.15, 0.2) is 0 Å². The van der Waals surface area contributed by atoms with Crippen LogP contribution in [0, 0.1) is 12.7 Å². The number of anilines is 1. The zero-order valence-corrected chi connectivity index (χ0v) is 11.9. The van der Waals surface area contributed by atoms with Gasteiger partial charge in [-0.25, -0.2) is 17.8 Å². The molecule has 7 heteroatoms. The average molecular weight is 305 g/mol. The quantitative estimate of drug-likeness (QED) is 0.781. The van der Waals surface area contributed by atoms with E-state index in [2.05, 4.69) is 14.7 Å². The molecule has 0 amide bonds. The molecule has 0 spiro atoms. The summed E-state index contributed by atoms with van der Waals surface area (Å²) in [5.41, 5.74) is 1.65. The molecule has 0 saturated heterocycles. The van der Waals surface area contributed by atoms with Crippen molar-refractivity contribution in [1.82, 2.24) is 9.97 Å².